The lowest BCUT2D eigenvalue weighted by Crippen LogP contribution is -2.45. The van der Waals surface area contributed by atoms with Gasteiger partial charge in [0.25, 0.3) is 11.5 Å². The minimum Gasteiger partial charge on any atom is -0.389 e. The van der Waals surface area contributed by atoms with E-state index < -0.39 is 6.10 Å². The van der Waals surface area contributed by atoms with Crippen LogP contribution in [0.2, 0.25) is 0 Å². The van der Waals surface area contributed by atoms with E-state index in [-0.39, 0.29) is 53.2 Å². The number of aliphatic hydroxyl groups is 1. The molecule has 37 heavy (non-hydrogen) atoms. The van der Waals surface area contributed by atoms with Crippen LogP contribution in [0.15, 0.2) is 29.2 Å². The van der Waals surface area contributed by atoms with E-state index in [9.17, 15) is 19.5 Å². The second-order valence-corrected chi connectivity index (χ2v) is 9.33. The van der Waals surface area contributed by atoms with E-state index in [1.807, 2.05) is 0 Å². The van der Waals surface area contributed by atoms with Crippen LogP contribution in [0.4, 0.5) is 5.69 Å². The average molecular weight is 511 g/mol. The van der Waals surface area contributed by atoms with Crippen LogP contribution in [0.3, 0.4) is 0 Å². The Labute approximate surface area is 214 Å². The number of aromatic nitrogens is 3. The quantitative estimate of drug-likeness (QED) is 0.302. The van der Waals surface area contributed by atoms with Crippen molar-refractivity contribution < 1.29 is 19.4 Å². The summed E-state index contributed by atoms with van der Waals surface area (Å²) in [5, 5.41) is 13.1. The molecule has 1 aromatic carbocycles. The van der Waals surface area contributed by atoms with Crippen LogP contribution < -0.4 is 10.9 Å². The first kappa shape index (κ1) is 26.5. The van der Waals surface area contributed by atoms with Gasteiger partial charge < -0.3 is 34.9 Å². The molecule has 4 rings (SSSR count). The smallest absolute Gasteiger partial charge is 0.261 e. The third kappa shape index (κ3) is 5.74. The zero-order chi connectivity index (χ0) is 26.5. The Bertz CT molecular complexity index is 1310. The number of hydrogen-bond donors (Lipinski definition) is 4. The summed E-state index contributed by atoms with van der Waals surface area (Å²) in [5.74, 6) is 0.0536. The monoisotopic (exact) mass is 510 g/mol. The number of nitrogens with one attached hydrogen (secondary N) is 3. The number of amides is 1. The Balaban J connectivity index is 1.64. The lowest BCUT2D eigenvalue weighted by Gasteiger charge is -2.36. The maximum Gasteiger partial charge on any atom is 0.261 e. The van der Waals surface area contributed by atoms with Crippen LogP contribution in [0.25, 0.3) is 22.4 Å². The number of imidazole rings is 1. The molecule has 1 aliphatic rings. The Morgan fingerprint density at radius 3 is 2.81 bits per heavy atom. The fourth-order valence-corrected chi connectivity index (χ4v) is 4.79. The molecule has 3 aromatic rings. The van der Waals surface area contributed by atoms with Gasteiger partial charge in [0.2, 0.25) is 0 Å². The SMILES string of the molecule is CCN1CCC(N(C)C(=O)c2cc3nc(-c4c(NCC(O)COC)cc[nH]c4=O)[nH]c3cc2C=O)CC1. The number of rotatable bonds is 10. The van der Waals surface area contributed by atoms with Gasteiger partial charge in [-0.15, -0.1) is 0 Å². The number of carbonyl (C=O) groups is 2. The Morgan fingerprint density at radius 1 is 1.38 bits per heavy atom. The minimum absolute atomic E-state index is 0.102. The summed E-state index contributed by atoms with van der Waals surface area (Å²) in [6.45, 7) is 5.31. The number of anilines is 1. The molecular weight excluding hydrogens is 476 g/mol. The molecule has 0 aliphatic carbocycles. The number of fused-ring (bicyclic) bond motifs is 1. The second kappa shape index (κ2) is 11.7. The predicted octanol–water partition coefficient (Wildman–Crippen LogP) is 1.71. The zero-order valence-corrected chi connectivity index (χ0v) is 21.4. The second-order valence-electron chi connectivity index (χ2n) is 9.33. The highest BCUT2D eigenvalue weighted by molar-refractivity contribution is 6.05. The Kier molecular flexibility index (Phi) is 8.37. The third-order valence-electron chi connectivity index (χ3n) is 6.97. The number of ether oxygens (including phenoxy) is 1. The van der Waals surface area contributed by atoms with Crippen molar-refractivity contribution >= 4 is 28.9 Å². The first-order valence-electron chi connectivity index (χ1n) is 12.5. The van der Waals surface area contributed by atoms with Gasteiger partial charge in [-0.05, 0) is 37.6 Å². The molecule has 0 bridgehead atoms. The summed E-state index contributed by atoms with van der Waals surface area (Å²) in [5.41, 5.74) is 1.88. The maximum absolute atomic E-state index is 13.4. The van der Waals surface area contributed by atoms with Gasteiger partial charge in [-0.25, -0.2) is 4.98 Å². The lowest BCUT2D eigenvalue weighted by atomic mass is 10.0. The summed E-state index contributed by atoms with van der Waals surface area (Å²) in [6.07, 6.45) is 3.17. The summed E-state index contributed by atoms with van der Waals surface area (Å²) in [4.78, 5) is 52.5. The standard InChI is InChI=1S/C26H34N6O5/c1-4-32-9-6-17(7-10-32)31(2)26(36)19-12-22-21(11-16(19)14-33)29-24(30-22)23-20(5-8-27-25(23)35)28-13-18(34)15-37-3/h5,8,11-12,14,17-18,34H,4,6-7,9-10,13,15H2,1-3H3,(H,29,30)(H2,27,28,35). The first-order chi connectivity index (χ1) is 17.9. The molecular formula is C26H34N6O5. The first-order valence-corrected chi connectivity index (χ1v) is 12.5. The van der Waals surface area contributed by atoms with Crippen molar-refractivity contribution in [1.82, 2.24) is 24.8 Å². The number of benzene rings is 1. The highest BCUT2D eigenvalue weighted by Gasteiger charge is 2.27. The van der Waals surface area contributed by atoms with Crippen LogP contribution in [0.5, 0.6) is 0 Å². The van der Waals surface area contributed by atoms with E-state index in [4.69, 9.17) is 4.74 Å². The number of carbonyl (C=O) groups excluding carboxylic acids is 2. The van der Waals surface area contributed by atoms with E-state index in [0.29, 0.717) is 23.0 Å². The molecule has 0 saturated carbocycles. The van der Waals surface area contributed by atoms with E-state index in [0.717, 1.165) is 32.5 Å². The molecule has 0 spiro atoms. The summed E-state index contributed by atoms with van der Waals surface area (Å²) in [6, 6.07) is 4.97. The van der Waals surface area contributed by atoms with E-state index >= 15 is 0 Å². The summed E-state index contributed by atoms with van der Waals surface area (Å²) >= 11 is 0. The number of H-pyrrole nitrogens is 2. The number of likely N-dealkylation sites (tertiary alicyclic amines) is 1. The highest BCUT2D eigenvalue weighted by atomic mass is 16.5. The Morgan fingerprint density at radius 2 is 2.14 bits per heavy atom. The maximum atomic E-state index is 13.4. The molecule has 1 aliphatic heterocycles. The minimum atomic E-state index is -0.761. The molecule has 11 nitrogen and oxygen atoms in total. The van der Waals surface area contributed by atoms with Crippen LogP contribution >= 0.6 is 0 Å². The number of aldehydes is 1. The number of piperidine rings is 1. The van der Waals surface area contributed by atoms with Crippen molar-refractivity contribution in [3.8, 4) is 11.4 Å². The fourth-order valence-electron chi connectivity index (χ4n) is 4.79. The van der Waals surface area contributed by atoms with Crippen molar-refractivity contribution in [3.63, 3.8) is 0 Å². The lowest BCUT2D eigenvalue weighted by molar-refractivity contribution is 0.0644. The topological polar surface area (TPSA) is 144 Å². The number of aliphatic hydroxyl groups excluding tert-OH is 1. The normalized spacial score (nSPS) is 15.6. The van der Waals surface area contributed by atoms with E-state index in [2.05, 4.69) is 32.1 Å². The molecule has 3 heterocycles. The molecule has 1 atom stereocenters. The molecule has 1 unspecified atom stereocenters. The zero-order valence-electron chi connectivity index (χ0n) is 21.4. The third-order valence-corrected chi connectivity index (χ3v) is 6.97. The van der Waals surface area contributed by atoms with E-state index in [1.54, 1.807) is 30.1 Å². The van der Waals surface area contributed by atoms with Gasteiger partial charge in [0.15, 0.2) is 6.29 Å². The van der Waals surface area contributed by atoms with Crippen LogP contribution in [-0.2, 0) is 4.74 Å². The number of aromatic amines is 2. The van der Waals surface area contributed by atoms with E-state index in [1.165, 1.54) is 13.3 Å². The van der Waals surface area contributed by atoms with Gasteiger partial charge in [0.05, 0.1) is 35.0 Å². The van der Waals surface area contributed by atoms with Gasteiger partial charge in [-0.2, -0.15) is 0 Å². The van der Waals surface area contributed by atoms with Gasteiger partial charge in [0, 0.05) is 51.6 Å². The summed E-state index contributed by atoms with van der Waals surface area (Å²) < 4.78 is 4.95. The van der Waals surface area contributed by atoms with Gasteiger partial charge >= 0.3 is 0 Å². The molecule has 2 aromatic heterocycles. The summed E-state index contributed by atoms with van der Waals surface area (Å²) in [7, 11) is 3.28. The van der Waals surface area contributed by atoms with Gasteiger partial charge in [-0.1, -0.05) is 6.92 Å². The van der Waals surface area contributed by atoms with Gasteiger partial charge in [0.1, 0.15) is 11.4 Å². The van der Waals surface area contributed by atoms with Crippen molar-refractivity contribution in [2.75, 3.05) is 52.3 Å². The molecule has 1 saturated heterocycles. The number of nitrogens with zero attached hydrogens (tertiary/aromatic N) is 3. The Hall–Kier alpha value is -3.54. The molecule has 4 N–H and O–H groups in total. The van der Waals surface area contributed by atoms with Crippen LogP contribution in [-0.4, -0.2) is 101 Å². The predicted molar refractivity (Wildman–Crippen MR) is 141 cm³/mol. The number of methoxy groups -OCH3 is 1. The largest absolute Gasteiger partial charge is 0.389 e. The van der Waals surface area contributed by atoms with Gasteiger partial charge in [-0.3, -0.25) is 14.4 Å². The molecule has 11 heteroatoms. The van der Waals surface area contributed by atoms with Crippen molar-refractivity contribution in [1.29, 1.82) is 0 Å². The molecule has 198 valence electrons. The van der Waals surface area contributed by atoms with Crippen molar-refractivity contribution in [3.05, 3.63) is 45.9 Å². The molecule has 1 amide bonds. The fraction of sp³-hybridized carbons (Fsp3) is 0.462. The van der Waals surface area contributed by atoms with Crippen molar-refractivity contribution in [2.24, 2.45) is 0 Å². The molecule has 0 radical (unpaired) electrons. The number of pyridine rings is 1. The highest BCUT2D eigenvalue weighted by Crippen LogP contribution is 2.27. The molecule has 1 fully saturated rings. The average Bonchev–Trinajstić information content (AvgIpc) is 3.32. The number of hydrogen-bond acceptors (Lipinski definition) is 8. The van der Waals surface area contributed by atoms with Crippen molar-refractivity contribution in [2.45, 2.75) is 31.9 Å². The van der Waals surface area contributed by atoms with Crippen LogP contribution in [0.1, 0.15) is 40.5 Å². The van der Waals surface area contributed by atoms with Crippen LogP contribution in [0, 0.1) is 0 Å².